The van der Waals surface area contributed by atoms with Gasteiger partial charge in [0.1, 0.15) is 5.75 Å². The molecule has 2 heterocycles. The minimum absolute atomic E-state index is 0.176. The van der Waals surface area contributed by atoms with Crippen molar-refractivity contribution in [3.8, 4) is 5.75 Å². The van der Waals surface area contributed by atoms with Crippen LogP contribution in [0.25, 0.3) is 0 Å². The number of nitrogens with one attached hydrogen (secondary N) is 1. The molecule has 0 unspecified atom stereocenters. The molecule has 2 fully saturated rings. The topological polar surface area (TPSA) is 41.6 Å². The van der Waals surface area contributed by atoms with Crippen LogP contribution in [0.15, 0.2) is 30.4 Å². The molecular weight excluding hydrogens is 372 g/mol. The predicted octanol–water partition coefficient (Wildman–Crippen LogP) is 4.83. The van der Waals surface area contributed by atoms with Crippen molar-refractivity contribution in [2.75, 3.05) is 26.2 Å². The van der Waals surface area contributed by atoms with Gasteiger partial charge >= 0.3 is 0 Å². The van der Waals surface area contributed by atoms with Gasteiger partial charge in [-0.2, -0.15) is 0 Å². The first-order chi connectivity index (χ1) is 14.7. The summed E-state index contributed by atoms with van der Waals surface area (Å²) < 4.78 is 5.77. The van der Waals surface area contributed by atoms with Crippen molar-refractivity contribution in [3.05, 3.63) is 41.5 Å². The molecule has 1 aromatic rings. The standard InChI is InChI=1S/C26H38N2O2/c1-2-3-7-26(29)27-22-10-8-20(9-11-22)12-16-28-17-13-21(14-18-28)23-5-4-6-25-24(23)15-19-30-25/h2-6,20-22H,7-19H2,1H3,(H,27,29)/t20-,22-. The van der Waals surface area contributed by atoms with Gasteiger partial charge < -0.3 is 15.0 Å². The van der Waals surface area contributed by atoms with Crippen molar-refractivity contribution in [1.29, 1.82) is 0 Å². The van der Waals surface area contributed by atoms with E-state index in [1.54, 1.807) is 5.56 Å². The molecule has 1 aliphatic carbocycles. The van der Waals surface area contributed by atoms with Crippen molar-refractivity contribution < 1.29 is 9.53 Å². The number of benzene rings is 1. The number of ether oxygens (including phenoxy) is 1. The minimum atomic E-state index is 0.176. The lowest BCUT2D eigenvalue weighted by atomic mass is 9.83. The summed E-state index contributed by atoms with van der Waals surface area (Å²) in [6, 6.07) is 7.03. The summed E-state index contributed by atoms with van der Waals surface area (Å²) in [5.41, 5.74) is 3.03. The van der Waals surface area contributed by atoms with E-state index in [1.165, 1.54) is 57.3 Å². The molecule has 1 saturated heterocycles. The molecule has 4 rings (SSSR count). The van der Waals surface area contributed by atoms with Crippen molar-refractivity contribution >= 4 is 5.91 Å². The number of fused-ring (bicyclic) bond motifs is 1. The van der Waals surface area contributed by atoms with Gasteiger partial charge in [-0.25, -0.2) is 0 Å². The molecule has 1 N–H and O–H groups in total. The molecule has 164 valence electrons. The smallest absolute Gasteiger partial charge is 0.224 e. The van der Waals surface area contributed by atoms with E-state index < -0.39 is 0 Å². The number of likely N-dealkylation sites (tertiary alicyclic amines) is 1. The van der Waals surface area contributed by atoms with Gasteiger partial charge in [0, 0.05) is 24.4 Å². The van der Waals surface area contributed by atoms with Crippen LogP contribution < -0.4 is 10.1 Å². The lowest BCUT2D eigenvalue weighted by molar-refractivity contribution is -0.121. The number of allylic oxidation sites excluding steroid dienone is 1. The third-order valence-corrected chi connectivity index (χ3v) is 7.41. The van der Waals surface area contributed by atoms with E-state index in [0.29, 0.717) is 18.4 Å². The van der Waals surface area contributed by atoms with Gasteiger partial charge in [0.15, 0.2) is 0 Å². The fraction of sp³-hybridized carbons (Fsp3) is 0.654. The molecule has 4 heteroatoms. The number of rotatable bonds is 7. The molecule has 2 aliphatic heterocycles. The lowest BCUT2D eigenvalue weighted by Gasteiger charge is -2.35. The maximum absolute atomic E-state index is 11.9. The van der Waals surface area contributed by atoms with Crippen molar-refractivity contribution in [3.63, 3.8) is 0 Å². The van der Waals surface area contributed by atoms with E-state index in [4.69, 9.17) is 4.74 Å². The molecular formula is C26H38N2O2. The summed E-state index contributed by atoms with van der Waals surface area (Å²) in [5.74, 6) is 2.85. The highest BCUT2D eigenvalue weighted by molar-refractivity contribution is 5.77. The first-order valence-electron chi connectivity index (χ1n) is 12.1. The first kappa shape index (κ1) is 21.4. The van der Waals surface area contributed by atoms with Gasteiger partial charge in [0.2, 0.25) is 5.91 Å². The number of piperidine rings is 1. The molecule has 0 aromatic heterocycles. The van der Waals surface area contributed by atoms with E-state index in [0.717, 1.165) is 37.5 Å². The Labute approximate surface area is 182 Å². The monoisotopic (exact) mass is 410 g/mol. The second-order valence-corrected chi connectivity index (χ2v) is 9.39. The maximum Gasteiger partial charge on any atom is 0.224 e. The molecule has 30 heavy (non-hydrogen) atoms. The van der Waals surface area contributed by atoms with Gasteiger partial charge in [0.05, 0.1) is 6.61 Å². The molecule has 0 bridgehead atoms. The maximum atomic E-state index is 11.9. The van der Waals surface area contributed by atoms with Gasteiger partial charge in [-0.3, -0.25) is 4.79 Å². The average molecular weight is 411 g/mol. The predicted molar refractivity (Wildman–Crippen MR) is 122 cm³/mol. The molecule has 1 saturated carbocycles. The molecule has 0 atom stereocenters. The highest BCUT2D eigenvalue weighted by atomic mass is 16.5. The zero-order valence-electron chi connectivity index (χ0n) is 18.6. The van der Waals surface area contributed by atoms with Crippen LogP contribution in [0.4, 0.5) is 0 Å². The van der Waals surface area contributed by atoms with E-state index in [1.807, 2.05) is 19.1 Å². The van der Waals surface area contributed by atoms with Gasteiger partial charge in [-0.15, -0.1) is 0 Å². The van der Waals surface area contributed by atoms with Crippen LogP contribution in [-0.4, -0.2) is 43.1 Å². The molecule has 0 radical (unpaired) electrons. The summed E-state index contributed by atoms with van der Waals surface area (Å²) in [6.07, 6.45) is 14.2. The van der Waals surface area contributed by atoms with E-state index in [9.17, 15) is 4.79 Å². The van der Waals surface area contributed by atoms with Gasteiger partial charge in [-0.05, 0) is 95.0 Å². The molecule has 0 spiro atoms. The van der Waals surface area contributed by atoms with Crippen LogP contribution >= 0.6 is 0 Å². The second-order valence-electron chi connectivity index (χ2n) is 9.39. The summed E-state index contributed by atoms with van der Waals surface area (Å²) in [4.78, 5) is 14.6. The molecule has 3 aliphatic rings. The first-order valence-corrected chi connectivity index (χ1v) is 12.1. The Balaban J connectivity index is 1.15. The third kappa shape index (κ3) is 5.46. The largest absolute Gasteiger partial charge is 0.493 e. The van der Waals surface area contributed by atoms with Crippen molar-refractivity contribution in [2.45, 2.75) is 76.7 Å². The fourth-order valence-electron chi connectivity index (χ4n) is 5.57. The number of nitrogens with zero attached hydrogens (tertiary/aromatic N) is 1. The summed E-state index contributed by atoms with van der Waals surface area (Å²) in [7, 11) is 0. The zero-order chi connectivity index (χ0) is 20.8. The SMILES string of the molecule is CC=CCC(=O)N[C@H]1CC[C@H](CCN2CCC(c3cccc4c3CCO4)CC2)CC1. The van der Waals surface area contributed by atoms with E-state index >= 15 is 0 Å². The van der Waals surface area contributed by atoms with Crippen LogP contribution in [0.1, 0.15) is 75.3 Å². The van der Waals surface area contributed by atoms with Gasteiger partial charge in [-0.1, -0.05) is 24.3 Å². The molecule has 4 nitrogen and oxygen atoms in total. The zero-order valence-corrected chi connectivity index (χ0v) is 18.6. The number of amides is 1. The van der Waals surface area contributed by atoms with Crippen molar-refractivity contribution in [2.24, 2.45) is 5.92 Å². The normalized spacial score (nSPS) is 25.2. The van der Waals surface area contributed by atoms with Crippen LogP contribution in [-0.2, 0) is 11.2 Å². The van der Waals surface area contributed by atoms with Crippen LogP contribution in [0.3, 0.4) is 0 Å². The van der Waals surface area contributed by atoms with E-state index in [2.05, 4.69) is 28.4 Å². The Morgan fingerprint density at radius 3 is 2.73 bits per heavy atom. The lowest BCUT2D eigenvalue weighted by Crippen LogP contribution is -2.38. The highest BCUT2D eigenvalue weighted by Crippen LogP contribution is 2.37. The Hall–Kier alpha value is -1.81. The number of hydrogen-bond acceptors (Lipinski definition) is 3. The summed E-state index contributed by atoms with van der Waals surface area (Å²) >= 11 is 0. The number of hydrogen-bond donors (Lipinski definition) is 1. The highest BCUT2D eigenvalue weighted by Gasteiger charge is 2.27. The Bertz CT molecular complexity index is 729. The van der Waals surface area contributed by atoms with Crippen LogP contribution in [0, 0.1) is 5.92 Å². The quantitative estimate of drug-likeness (QED) is 0.655. The van der Waals surface area contributed by atoms with Gasteiger partial charge in [0.25, 0.3) is 0 Å². The Kier molecular flexibility index (Phi) is 7.48. The van der Waals surface area contributed by atoms with Crippen LogP contribution in [0.5, 0.6) is 5.75 Å². The van der Waals surface area contributed by atoms with E-state index in [-0.39, 0.29) is 5.91 Å². The summed E-state index contributed by atoms with van der Waals surface area (Å²) in [5, 5.41) is 3.21. The van der Waals surface area contributed by atoms with Crippen molar-refractivity contribution in [1.82, 2.24) is 10.2 Å². The van der Waals surface area contributed by atoms with Crippen LogP contribution in [0.2, 0.25) is 0 Å². The Morgan fingerprint density at radius 1 is 1.17 bits per heavy atom. The minimum Gasteiger partial charge on any atom is -0.493 e. The molecule has 1 aromatic carbocycles. The molecule has 1 amide bonds. The number of carbonyl (C=O) groups excluding carboxylic acids is 1. The Morgan fingerprint density at radius 2 is 1.97 bits per heavy atom. The third-order valence-electron chi connectivity index (χ3n) is 7.41. The number of carbonyl (C=O) groups is 1. The average Bonchev–Trinajstić information content (AvgIpc) is 3.27. The fourth-order valence-corrected chi connectivity index (χ4v) is 5.57. The second kappa shape index (κ2) is 10.5. The summed E-state index contributed by atoms with van der Waals surface area (Å²) in [6.45, 7) is 6.51.